The second kappa shape index (κ2) is 3.91. The largest absolute Gasteiger partial charge is 0.377 e. The second-order valence-corrected chi connectivity index (χ2v) is 3.94. The first-order chi connectivity index (χ1) is 5.59. The Labute approximate surface area is 75.0 Å². The van der Waals surface area contributed by atoms with Crippen molar-refractivity contribution in [3.8, 4) is 0 Å². The zero-order chi connectivity index (χ0) is 9.14. The number of hydrogen-bond acceptors (Lipinski definition) is 4. The van der Waals surface area contributed by atoms with Crippen LogP contribution in [0.3, 0.4) is 0 Å². The summed E-state index contributed by atoms with van der Waals surface area (Å²) in [5.41, 5.74) is 0. The molecule has 4 nitrogen and oxygen atoms in total. The summed E-state index contributed by atoms with van der Waals surface area (Å²) in [5, 5.41) is 1.55. The van der Waals surface area contributed by atoms with E-state index >= 15 is 0 Å². The van der Waals surface area contributed by atoms with Gasteiger partial charge in [0.15, 0.2) is 0 Å². The summed E-state index contributed by atoms with van der Waals surface area (Å²) in [4.78, 5) is 21.6. The lowest BCUT2D eigenvalue weighted by atomic mass is 10.4. The van der Waals surface area contributed by atoms with Crippen LogP contribution in [0.4, 0.5) is 4.79 Å². The van der Waals surface area contributed by atoms with Gasteiger partial charge in [-0.05, 0) is 25.6 Å². The Morgan fingerprint density at radius 2 is 2.25 bits per heavy atom. The third-order valence-electron chi connectivity index (χ3n) is 1.35. The van der Waals surface area contributed by atoms with Crippen molar-refractivity contribution in [3.05, 3.63) is 0 Å². The van der Waals surface area contributed by atoms with Crippen LogP contribution < -0.4 is 5.32 Å². The molecule has 1 aliphatic rings. The second-order valence-electron chi connectivity index (χ2n) is 2.77. The number of ether oxygens (including phenoxy) is 1. The number of carbonyl (C=O) groups excluding carboxylic acids is 2. The zero-order valence-corrected chi connectivity index (χ0v) is 7.81. The van der Waals surface area contributed by atoms with Crippen molar-refractivity contribution < 1.29 is 14.3 Å². The lowest BCUT2D eigenvalue weighted by molar-refractivity contribution is -0.120. The number of carbonyl (C=O) groups is 2. The molecule has 5 heteroatoms. The van der Waals surface area contributed by atoms with E-state index in [0.717, 1.165) is 11.8 Å². The molecule has 0 spiro atoms. The van der Waals surface area contributed by atoms with E-state index in [1.165, 1.54) is 0 Å². The van der Waals surface area contributed by atoms with Gasteiger partial charge < -0.3 is 4.74 Å². The molecule has 1 unspecified atom stereocenters. The maximum atomic E-state index is 11.0. The Morgan fingerprint density at radius 1 is 1.58 bits per heavy atom. The highest BCUT2D eigenvalue weighted by molar-refractivity contribution is 8.15. The van der Waals surface area contributed by atoms with Gasteiger partial charge in [-0.3, -0.25) is 14.9 Å². The molecule has 1 saturated heterocycles. The Bertz CT molecular complexity index is 205. The summed E-state index contributed by atoms with van der Waals surface area (Å²) in [6, 6.07) is 0. The summed E-state index contributed by atoms with van der Waals surface area (Å²) < 4.78 is 5.21. The fraction of sp³-hybridized carbons (Fsp3) is 0.714. The van der Waals surface area contributed by atoms with Crippen LogP contribution in [0.1, 0.15) is 13.8 Å². The molecule has 1 aliphatic heterocycles. The molecule has 0 aromatic carbocycles. The predicted octanol–water partition coefficient (Wildman–Crippen LogP) is 0.763. The van der Waals surface area contributed by atoms with Crippen LogP contribution in [0.2, 0.25) is 0 Å². The van der Waals surface area contributed by atoms with Crippen molar-refractivity contribution in [2.45, 2.75) is 25.2 Å². The quantitative estimate of drug-likeness (QED) is 0.712. The molecule has 1 fully saturated rings. The normalized spacial score (nSPS) is 23.4. The molecule has 12 heavy (non-hydrogen) atoms. The topological polar surface area (TPSA) is 55.4 Å². The van der Waals surface area contributed by atoms with Crippen LogP contribution in [0.25, 0.3) is 0 Å². The first-order valence-corrected chi connectivity index (χ1v) is 4.60. The molecule has 1 rings (SSSR count). The van der Waals surface area contributed by atoms with Gasteiger partial charge in [0, 0.05) is 0 Å². The van der Waals surface area contributed by atoms with Crippen LogP contribution >= 0.6 is 11.8 Å². The van der Waals surface area contributed by atoms with Gasteiger partial charge in [0.25, 0.3) is 5.24 Å². The molecular weight excluding hydrogens is 178 g/mol. The van der Waals surface area contributed by atoms with Crippen LogP contribution in [-0.2, 0) is 9.53 Å². The van der Waals surface area contributed by atoms with Crippen LogP contribution in [-0.4, -0.2) is 29.1 Å². The first kappa shape index (κ1) is 9.54. The maximum Gasteiger partial charge on any atom is 0.286 e. The fourth-order valence-corrected chi connectivity index (χ4v) is 1.51. The highest BCUT2D eigenvalue weighted by Crippen LogP contribution is 2.19. The van der Waals surface area contributed by atoms with E-state index in [1.807, 2.05) is 13.8 Å². The molecule has 1 heterocycles. The van der Waals surface area contributed by atoms with Gasteiger partial charge in [-0.25, -0.2) is 0 Å². The summed E-state index contributed by atoms with van der Waals surface area (Å²) in [7, 11) is 0. The van der Waals surface area contributed by atoms with E-state index < -0.39 is 0 Å². The Kier molecular flexibility index (Phi) is 3.11. The van der Waals surface area contributed by atoms with E-state index in [1.54, 1.807) is 0 Å². The average molecular weight is 189 g/mol. The first-order valence-electron chi connectivity index (χ1n) is 3.72. The molecular formula is C7H11NO3S. The van der Waals surface area contributed by atoms with Gasteiger partial charge in [0.05, 0.1) is 12.7 Å². The molecule has 68 valence electrons. The number of nitrogens with one attached hydrogen (secondary N) is 1. The van der Waals surface area contributed by atoms with Crippen molar-refractivity contribution in [1.29, 1.82) is 0 Å². The van der Waals surface area contributed by atoms with E-state index in [2.05, 4.69) is 5.32 Å². The molecule has 0 bridgehead atoms. The number of hydrogen-bond donors (Lipinski definition) is 1. The van der Waals surface area contributed by atoms with Crippen LogP contribution in [0.5, 0.6) is 0 Å². The molecule has 2 amide bonds. The summed E-state index contributed by atoms with van der Waals surface area (Å²) >= 11 is 0.991. The third-order valence-corrected chi connectivity index (χ3v) is 2.30. The van der Waals surface area contributed by atoms with Gasteiger partial charge >= 0.3 is 0 Å². The van der Waals surface area contributed by atoms with Crippen molar-refractivity contribution in [2.75, 3.05) is 6.61 Å². The van der Waals surface area contributed by atoms with Gasteiger partial charge in [-0.15, -0.1) is 0 Å². The number of thioether (sulfide) groups is 1. The number of imide groups is 1. The van der Waals surface area contributed by atoms with Gasteiger partial charge in [-0.1, -0.05) is 0 Å². The van der Waals surface area contributed by atoms with E-state index in [4.69, 9.17) is 4.74 Å². The fourth-order valence-electron chi connectivity index (χ4n) is 0.783. The highest BCUT2D eigenvalue weighted by atomic mass is 32.2. The van der Waals surface area contributed by atoms with E-state index in [0.29, 0.717) is 6.61 Å². The van der Waals surface area contributed by atoms with Crippen molar-refractivity contribution in [1.82, 2.24) is 5.32 Å². The standard InChI is InChI=1S/C7H11NO3S/c1-4(2)11-3-5-6(9)8-7(10)12-5/h4-5H,3H2,1-2H3,(H,8,9,10). The molecule has 0 aromatic rings. The SMILES string of the molecule is CC(C)OCC1SC(=O)NC1=O. The van der Waals surface area contributed by atoms with Gasteiger partial charge in [-0.2, -0.15) is 0 Å². The third kappa shape index (κ3) is 2.49. The summed E-state index contributed by atoms with van der Waals surface area (Å²) in [6.07, 6.45) is 0.0918. The highest BCUT2D eigenvalue weighted by Gasteiger charge is 2.31. The lowest BCUT2D eigenvalue weighted by Crippen LogP contribution is -2.28. The molecule has 1 N–H and O–H groups in total. The van der Waals surface area contributed by atoms with Crippen molar-refractivity contribution >= 4 is 22.9 Å². The molecule has 0 aromatic heterocycles. The minimum absolute atomic E-state index is 0.0918. The summed E-state index contributed by atoms with van der Waals surface area (Å²) in [5.74, 6) is -0.245. The number of amides is 2. The maximum absolute atomic E-state index is 11.0. The Hall–Kier alpha value is -0.550. The van der Waals surface area contributed by atoms with Crippen LogP contribution in [0.15, 0.2) is 0 Å². The minimum atomic E-state index is -0.361. The molecule has 0 saturated carbocycles. The predicted molar refractivity (Wildman–Crippen MR) is 46.0 cm³/mol. The smallest absolute Gasteiger partial charge is 0.286 e. The van der Waals surface area contributed by atoms with E-state index in [9.17, 15) is 9.59 Å². The van der Waals surface area contributed by atoms with Crippen molar-refractivity contribution in [3.63, 3.8) is 0 Å². The van der Waals surface area contributed by atoms with Gasteiger partial charge in [0.2, 0.25) is 5.91 Å². The lowest BCUT2D eigenvalue weighted by Gasteiger charge is -2.08. The average Bonchev–Trinajstić information content (AvgIpc) is 2.26. The molecule has 0 radical (unpaired) electrons. The summed E-state index contributed by atoms with van der Waals surface area (Å²) in [6.45, 7) is 4.08. The Balaban J connectivity index is 2.33. The number of rotatable bonds is 3. The molecule has 1 atom stereocenters. The van der Waals surface area contributed by atoms with Crippen LogP contribution in [0, 0.1) is 0 Å². The van der Waals surface area contributed by atoms with Crippen molar-refractivity contribution in [2.24, 2.45) is 0 Å². The van der Waals surface area contributed by atoms with Gasteiger partial charge in [0.1, 0.15) is 5.25 Å². The Morgan fingerprint density at radius 3 is 2.67 bits per heavy atom. The van der Waals surface area contributed by atoms with E-state index in [-0.39, 0.29) is 22.5 Å². The molecule has 0 aliphatic carbocycles. The monoisotopic (exact) mass is 189 g/mol. The zero-order valence-electron chi connectivity index (χ0n) is 6.99. The minimum Gasteiger partial charge on any atom is -0.377 e.